The monoisotopic (exact) mass is 325 g/mol. The van der Waals surface area contributed by atoms with E-state index in [2.05, 4.69) is 5.32 Å². The van der Waals surface area contributed by atoms with E-state index in [1.165, 1.54) is 0 Å². The smallest absolute Gasteiger partial charge is 0.331 e. The molecule has 0 saturated heterocycles. The number of hydrogen-bond acceptors (Lipinski definition) is 4. The van der Waals surface area contributed by atoms with Crippen molar-refractivity contribution in [2.75, 3.05) is 6.61 Å². The van der Waals surface area contributed by atoms with Crippen molar-refractivity contribution in [3.05, 3.63) is 71.8 Å². The Morgan fingerprint density at radius 2 is 1.71 bits per heavy atom. The van der Waals surface area contributed by atoms with Gasteiger partial charge in [-0.25, -0.2) is 4.79 Å². The molecule has 2 aromatic rings. The highest BCUT2D eigenvalue weighted by atomic mass is 16.5. The van der Waals surface area contributed by atoms with Crippen LogP contribution in [0.25, 0.3) is 0 Å². The Bertz CT molecular complexity index is 657. The molecule has 1 N–H and O–H groups in total. The van der Waals surface area contributed by atoms with Crippen LogP contribution in [0.3, 0.4) is 0 Å². The number of ether oxygens (including phenoxy) is 1. The van der Waals surface area contributed by atoms with E-state index in [4.69, 9.17) is 4.74 Å². The Kier molecular flexibility index (Phi) is 6.27. The molecule has 0 heterocycles. The minimum atomic E-state index is -1.20. The lowest BCUT2D eigenvalue weighted by molar-refractivity contribution is -0.153. The Balaban J connectivity index is 2.44. The van der Waals surface area contributed by atoms with Gasteiger partial charge >= 0.3 is 5.97 Å². The molecule has 0 spiro atoms. The molecule has 0 bridgehead atoms. The molecule has 0 aliphatic heterocycles. The molecule has 4 nitrogen and oxygen atoms in total. The van der Waals surface area contributed by atoms with Gasteiger partial charge in [-0.05, 0) is 25.0 Å². The van der Waals surface area contributed by atoms with Gasteiger partial charge in [0, 0.05) is 12.5 Å². The molecule has 4 heteroatoms. The largest absolute Gasteiger partial charge is 0.464 e. The second-order valence-electron chi connectivity index (χ2n) is 5.64. The molecular formula is C20H23NO3. The van der Waals surface area contributed by atoms with Crippen LogP contribution < -0.4 is 5.32 Å². The number of benzene rings is 2. The van der Waals surface area contributed by atoms with Gasteiger partial charge in [-0.2, -0.15) is 0 Å². The van der Waals surface area contributed by atoms with Crippen molar-refractivity contribution in [1.82, 2.24) is 5.32 Å². The van der Waals surface area contributed by atoms with Gasteiger partial charge in [-0.15, -0.1) is 0 Å². The highest BCUT2D eigenvalue weighted by Gasteiger charge is 2.42. The summed E-state index contributed by atoms with van der Waals surface area (Å²) in [6, 6.07) is 18.9. The van der Waals surface area contributed by atoms with E-state index in [1.54, 1.807) is 6.92 Å². The molecule has 2 rings (SSSR count). The summed E-state index contributed by atoms with van der Waals surface area (Å²) >= 11 is 0. The number of hydrogen-bond donors (Lipinski definition) is 1. The molecule has 0 fully saturated rings. The van der Waals surface area contributed by atoms with Crippen molar-refractivity contribution in [1.29, 1.82) is 0 Å². The second-order valence-corrected chi connectivity index (χ2v) is 5.64. The Hall–Kier alpha value is -2.46. The molecule has 0 amide bonds. The first-order valence-corrected chi connectivity index (χ1v) is 8.13. The van der Waals surface area contributed by atoms with Crippen molar-refractivity contribution >= 4 is 12.3 Å². The predicted octanol–water partition coefficient (Wildman–Crippen LogP) is 3.38. The second kappa shape index (κ2) is 8.41. The molecule has 0 aromatic heterocycles. The molecule has 0 aliphatic carbocycles. The third kappa shape index (κ3) is 3.89. The summed E-state index contributed by atoms with van der Waals surface area (Å²) in [5.41, 5.74) is 0.556. The molecule has 0 radical (unpaired) electrons. The van der Waals surface area contributed by atoms with Crippen LogP contribution in [0.5, 0.6) is 0 Å². The molecule has 2 aromatic carbocycles. The highest BCUT2D eigenvalue weighted by Crippen LogP contribution is 2.30. The van der Waals surface area contributed by atoms with Crippen molar-refractivity contribution < 1.29 is 14.3 Å². The minimum Gasteiger partial charge on any atom is -0.464 e. The number of carbonyl (C=O) groups is 2. The van der Waals surface area contributed by atoms with E-state index in [1.807, 2.05) is 67.6 Å². The third-order valence-corrected chi connectivity index (χ3v) is 4.04. The van der Waals surface area contributed by atoms with Gasteiger partial charge in [-0.3, -0.25) is 5.32 Å². The van der Waals surface area contributed by atoms with Gasteiger partial charge in [0.05, 0.1) is 6.61 Å². The molecule has 126 valence electrons. The summed E-state index contributed by atoms with van der Waals surface area (Å²) in [6.45, 7) is 3.99. The number of aldehydes is 1. The van der Waals surface area contributed by atoms with E-state index >= 15 is 0 Å². The van der Waals surface area contributed by atoms with Crippen molar-refractivity contribution in [2.45, 2.75) is 31.8 Å². The lowest BCUT2D eigenvalue weighted by Crippen LogP contribution is -2.51. The summed E-state index contributed by atoms with van der Waals surface area (Å²) in [5.74, 6) is -0.439. The standard InChI is InChI=1S/C20H23NO3/c1-3-24-19(23)20(14-15-22,18-12-8-5-9-13-18)21-16(2)17-10-6-4-7-11-17/h4-13,15-16,21H,3,14H2,1-2H3/t16-,20?/m0/s1. The lowest BCUT2D eigenvalue weighted by atomic mass is 9.85. The number of esters is 1. The zero-order chi connectivity index (χ0) is 17.4. The zero-order valence-corrected chi connectivity index (χ0v) is 14.1. The fourth-order valence-electron chi connectivity index (χ4n) is 2.82. The highest BCUT2D eigenvalue weighted by molar-refractivity contribution is 5.85. The van der Waals surface area contributed by atoms with Crippen molar-refractivity contribution in [3.63, 3.8) is 0 Å². The van der Waals surface area contributed by atoms with Crippen LogP contribution >= 0.6 is 0 Å². The van der Waals surface area contributed by atoms with Gasteiger partial charge in [-0.1, -0.05) is 60.7 Å². The van der Waals surface area contributed by atoms with Crippen LogP contribution in [0.4, 0.5) is 0 Å². The maximum Gasteiger partial charge on any atom is 0.331 e. The third-order valence-electron chi connectivity index (χ3n) is 4.04. The van der Waals surface area contributed by atoms with E-state index < -0.39 is 11.5 Å². The first kappa shape index (κ1) is 17.9. The Labute approximate surface area is 142 Å². The van der Waals surface area contributed by atoms with Gasteiger partial charge < -0.3 is 9.53 Å². The van der Waals surface area contributed by atoms with Gasteiger partial charge in [0.15, 0.2) is 0 Å². The summed E-state index contributed by atoms with van der Waals surface area (Å²) in [7, 11) is 0. The fraction of sp³-hybridized carbons (Fsp3) is 0.300. The van der Waals surface area contributed by atoms with Crippen LogP contribution in [-0.2, 0) is 19.9 Å². The first-order chi connectivity index (χ1) is 11.6. The molecule has 0 aliphatic rings. The lowest BCUT2D eigenvalue weighted by Gasteiger charge is -2.34. The van der Waals surface area contributed by atoms with Crippen LogP contribution in [0.15, 0.2) is 60.7 Å². The molecular weight excluding hydrogens is 302 g/mol. The SMILES string of the molecule is CCOC(=O)C(CC=O)(N[C@@H](C)c1ccccc1)c1ccccc1. The number of nitrogens with one attached hydrogen (secondary N) is 1. The Morgan fingerprint density at radius 3 is 2.25 bits per heavy atom. The Morgan fingerprint density at radius 1 is 1.12 bits per heavy atom. The maximum absolute atomic E-state index is 12.8. The summed E-state index contributed by atoms with van der Waals surface area (Å²) in [5, 5.41) is 3.34. The van der Waals surface area contributed by atoms with E-state index in [0.717, 1.165) is 17.4 Å². The van der Waals surface area contributed by atoms with Gasteiger partial charge in [0.25, 0.3) is 0 Å². The molecule has 24 heavy (non-hydrogen) atoms. The van der Waals surface area contributed by atoms with Crippen LogP contribution in [-0.4, -0.2) is 18.9 Å². The topological polar surface area (TPSA) is 55.4 Å². The van der Waals surface area contributed by atoms with Crippen LogP contribution in [0, 0.1) is 0 Å². The van der Waals surface area contributed by atoms with E-state index in [-0.39, 0.29) is 19.1 Å². The van der Waals surface area contributed by atoms with Gasteiger partial charge in [0.2, 0.25) is 0 Å². The molecule has 1 unspecified atom stereocenters. The normalized spacial score (nSPS) is 14.4. The average molecular weight is 325 g/mol. The van der Waals surface area contributed by atoms with Gasteiger partial charge in [0.1, 0.15) is 11.8 Å². The number of carbonyl (C=O) groups excluding carboxylic acids is 2. The summed E-state index contributed by atoms with van der Waals surface area (Å²) in [4.78, 5) is 24.2. The number of rotatable bonds is 8. The zero-order valence-electron chi connectivity index (χ0n) is 14.1. The molecule has 0 saturated carbocycles. The predicted molar refractivity (Wildman–Crippen MR) is 93.4 cm³/mol. The first-order valence-electron chi connectivity index (χ1n) is 8.13. The van der Waals surface area contributed by atoms with E-state index in [0.29, 0.717) is 0 Å². The summed E-state index contributed by atoms with van der Waals surface area (Å²) in [6.07, 6.45) is 0.766. The average Bonchev–Trinajstić information content (AvgIpc) is 2.63. The minimum absolute atomic E-state index is 0.00696. The molecule has 2 atom stereocenters. The maximum atomic E-state index is 12.8. The van der Waals surface area contributed by atoms with Crippen LogP contribution in [0.2, 0.25) is 0 Å². The van der Waals surface area contributed by atoms with Crippen LogP contribution in [0.1, 0.15) is 37.4 Å². The quantitative estimate of drug-likeness (QED) is 0.597. The van der Waals surface area contributed by atoms with Crippen molar-refractivity contribution in [3.8, 4) is 0 Å². The van der Waals surface area contributed by atoms with Crippen molar-refractivity contribution in [2.24, 2.45) is 0 Å². The summed E-state index contributed by atoms with van der Waals surface area (Å²) < 4.78 is 5.29. The fourth-order valence-corrected chi connectivity index (χ4v) is 2.82. The van der Waals surface area contributed by atoms with E-state index in [9.17, 15) is 9.59 Å².